The zero-order valence-corrected chi connectivity index (χ0v) is 14.2. The molecule has 0 aromatic heterocycles. The number of Topliss-reactive ketones (excluding diaryl/α,β-unsaturated/α-hetero) is 1. The molecule has 0 spiro atoms. The molecule has 0 saturated heterocycles. The fraction of sp³-hybridized carbons (Fsp3) is 0.300. The summed E-state index contributed by atoms with van der Waals surface area (Å²) in [4.78, 5) is 24.5. The van der Waals surface area contributed by atoms with Gasteiger partial charge in [0.15, 0.2) is 5.78 Å². The molecule has 1 heterocycles. The van der Waals surface area contributed by atoms with E-state index in [1.54, 1.807) is 6.92 Å². The third-order valence-corrected chi connectivity index (χ3v) is 4.73. The molecule has 0 radical (unpaired) electrons. The van der Waals surface area contributed by atoms with Gasteiger partial charge in [-0.3, -0.25) is 9.59 Å². The van der Waals surface area contributed by atoms with Gasteiger partial charge in [0, 0.05) is 23.5 Å². The molecule has 0 amide bonds. The second-order valence-corrected chi connectivity index (χ2v) is 6.35. The number of phenols is 2. The van der Waals surface area contributed by atoms with Crippen LogP contribution in [0.5, 0.6) is 17.2 Å². The molecule has 0 saturated carbocycles. The number of benzene rings is 2. The summed E-state index contributed by atoms with van der Waals surface area (Å²) < 4.78 is 5.20. The SMILES string of the molecule is CCC(C)C(=O)c1c(O)cc2c(c1O)C(c1ccccc1)CC(=O)O2. The molecule has 3 rings (SSSR count). The van der Waals surface area contributed by atoms with Crippen LogP contribution >= 0.6 is 0 Å². The van der Waals surface area contributed by atoms with Gasteiger partial charge in [-0.1, -0.05) is 44.2 Å². The Morgan fingerprint density at radius 1 is 1.28 bits per heavy atom. The minimum Gasteiger partial charge on any atom is -0.507 e. The number of esters is 1. The second-order valence-electron chi connectivity index (χ2n) is 6.35. The summed E-state index contributed by atoms with van der Waals surface area (Å²) in [5, 5.41) is 21.0. The van der Waals surface area contributed by atoms with Crippen molar-refractivity contribution in [3.8, 4) is 17.2 Å². The molecule has 2 unspecified atom stereocenters. The van der Waals surface area contributed by atoms with Crippen molar-refractivity contribution in [3.05, 3.63) is 53.1 Å². The lowest BCUT2D eigenvalue weighted by Crippen LogP contribution is -2.22. The van der Waals surface area contributed by atoms with Gasteiger partial charge in [-0.25, -0.2) is 0 Å². The molecule has 0 aliphatic carbocycles. The van der Waals surface area contributed by atoms with Crippen LogP contribution < -0.4 is 4.74 Å². The number of ether oxygens (including phenoxy) is 1. The van der Waals surface area contributed by atoms with E-state index in [1.807, 2.05) is 37.3 Å². The fourth-order valence-corrected chi connectivity index (χ4v) is 3.15. The van der Waals surface area contributed by atoms with Crippen LogP contribution in [0, 0.1) is 5.92 Å². The first kappa shape index (κ1) is 17.0. The average molecular weight is 340 g/mol. The monoisotopic (exact) mass is 340 g/mol. The van der Waals surface area contributed by atoms with Crippen LogP contribution in [0.3, 0.4) is 0 Å². The van der Waals surface area contributed by atoms with E-state index in [1.165, 1.54) is 6.07 Å². The first-order valence-electron chi connectivity index (χ1n) is 8.32. The van der Waals surface area contributed by atoms with Crippen molar-refractivity contribution in [2.75, 3.05) is 0 Å². The maximum atomic E-state index is 12.6. The first-order chi connectivity index (χ1) is 11.9. The van der Waals surface area contributed by atoms with E-state index in [2.05, 4.69) is 0 Å². The molecule has 0 bridgehead atoms. The molecule has 0 fully saturated rings. The van der Waals surface area contributed by atoms with E-state index in [0.29, 0.717) is 12.0 Å². The fourth-order valence-electron chi connectivity index (χ4n) is 3.15. The van der Waals surface area contributed by atoms with Crippen LogP contribution in [0.25, 0.3) is 0 Å². The van der Waals surface area contributed by atoms with Gasteiger partial charge >= 0.3 is 5.97 Å². The normalized spacial score (nSPS) is 17.5. The number of carbonyl (C=O) groups is 2. The lowest BCUT2D eigenvalue weighted by Gasteiger charge is -2.27. The maximum absolute atomic E-state index is 12.6. The number of phenolic OH excluding ortho intramolecular Hbond substituents is 2. The molecule has 25 heavy (non-hydrogen) atoms. The average Bonchev–Trinajstić information content (AvgIpc) is 2.60. The van der Waals surface area contributed by atoms with Crippen LogP contribution in [0.4, 0.5) is 0 Å². The lowest BCUT2D eigenvalue weighted by atomic mass is 9.83. The summed E-state index contributed by atoms with van der Waals surface area (Å²) >= 11 is 0. The van der Waals surface area contributed by atoms with Gasteiger partial charge in [-0.2, -0.15) is 0 Å². The molecule has 2 aromatic rings. The van der Waals surface area contributed by atoms with E-state index in [9.17, 15) is 19.8 Å². The Bertz CT molecular complexity index is 826. The van der Waals surface area contributed by atoms with E-state index in [0.717, 1.165) is 5.56 Å². The summed E-state index contributed by atoms with van der Waals surface area (Å²) in [6.45, 7) is 3.61. The van der Waals surface area contributed by atoms with Crippen molar-refractivity contribution in [2.45, 2.75) is 32.6 Å². The highest BCUT2D eigenvalue weighted by Gasteiger charge is 2.35. The smallest absolute Gasteiger partial charge is 0.312 e. The standard InChI is InChI=1S/C20H20O5/c1-3-11(2)19(23)18-14(21)10-15-17(20(18)24)13(9-16(22)25-15)12-7-5-4-6-8-12/h4-8,10-11,13,21,24H,3,9H2,1-2H3. The molecular formula is C20H20O5. The number of rotatable bonds is 4. The first-order valence-corrected chi connectivity index (χ1v) is 8.32. The zero-order valence-electron chi connectivity index (χ0n) is 14.2. The van der Waals surface area contributed by atoms with Crippen LogP contribution in [-0.4, -0.2) is 22.0 Å². The van der Waals surface area contributed by atoms with Gasteiger partial charge in [0.2, 0.25) is 0 Å². The molecule has 5 heteroatoms. The lowest BCUT2D eigenvalue weighted by molar-refractivity contribution is -0.135. The van der Waals surface area contributed by atoms with Crippen LogP contribution in [-0.2, 0) is 4.79 Å². The number of aromatic hydroxyl groups is 2. The van der Waals surface area contributed by atoms with Gasteiger partial charge in [-0.05, 0) is 12.0 Å². The van der Waals surface area contributed by atoms with Crippen molar-refractivity contribution in [3.63, 3.8) is 0 Å². The Balaban J connectivity index is 2.20. The van der Waals surface area contributed by atoms with Gasteiger partial charge < -0.3 is 14.9 Å². The van der Waals surface area contributed by atoms with Gasteiger partial charge in [0.25, 0.3) is 0 Å². The van der Waals surface area contributed by atoms with Crippen molar-refractivity contribution in [1.29, 1.82) is 0 Å². The number of carbonyl (C=O) groups excluding carboxylic acids is 2. The van der Waals surface area contributed by atoms with Crippen LogP contribution in [0.2, 0.25) is 0 Å². The zero-order chi connectivity index (χ0) is 18.1. The summed E-state index contributed by atoms with van der Waals surface area (Å²) in [6, 6.07) is 10.5. The van der Waals surface area contributed by atoms with Crippen molar-refractivity contribution < 1.29 is 24.5 Å². The van der Waals surface area contributed by atoms with Crippen molar-refractivity contribution >= 4 is 11.8 Å². The van der Waals surface area contributed by atoms with Gasteiger partial charge in [-0.15, -0.1) is 0 Å². The second kappa shape index (κ2) is 6.59. The van der Waals surface area contributed by atoms with E-state index in [-0.39, 0.29) is 40.9 Å². The van der Waals surface area contributed by atoms with Crippen LogP contribution in [0.15, 0.2) is 36.4 Å². The summed E-state index contributed by atoms with van der Waals surface area (Å²) in [6.07, 6.45) is 0.651. The maximum Gasteiger partial charge on any atom is 0.312 e. The highest BCUT2D eigenvalue weighted by molar-refractivity contribution is 6.03. The Kier molecular flexibility index (Phi) is 4.49. The quantitative estimate of drug-likeness (QED) is 0.503. The third-order valence-electron chi connectivity index (χ3n) is 4.73. The molecular weight excluding hydrogens is 320 g/mol. The third kappa shape index (κ3) is 2.97. The number of hydrogen-bond donors (Lipinski definition) is 2. The number of ketones is 1. The summed E-state index contributed by atoms with van der Waals surface area (Å²) in [7, 11) is 0. The Morgan fingerprint density at radius 3 is 2.60 bits per heavy atom. The summed E-state index contributed by atoms with van der Waals surface area (Å²) in [5.74, 6) is -2.12. The number of fused-ring (bicyclic) bond motifs is 1. The topological polar surface area (TPSA) is 83.8 Å². The van der Waals surface area contributed by atoms with Crippen LogP contribution in [0.1, 0.15) is 54.1 Å². The molecule has 5 nitrogen and oxygen atoms in total. The minimum atomic E-state index is -0.443. The largest absolute Gasteiger partial charge is 0.507 e. The highest BCUT2D eigenvalue weighted by Crippen LogP contribution is 2.48. The van der Waals surface area contributed by atoms with E-state index in [4.69, 9.17) is 4.74 Å². The van der Waals surface area contributed by atoms with Gasteiger partial charge in [0.1, 0.15) is 22.8 Å². The Morgan fingerprint density at radius 2 is 1.96 bits per heavy atom. The van der Waals surface area contributed by atoms with Crippen molar-refractivity contribution in [1.82, 2.24) is 0 Å². The molecule has 2 atom stereocenters. The number of hydrogen-bond acceptors (Lipinski definition) is 5. The van der Waals surface area contributed by atoms with E-state index >= 15 is 0 Å². The van der Waals surface area contributed by atoms with Crippen molar-refractivity contribution in [2.24, 2.45) is 5.92 Å². The minimum absolute atomic E-state index is 0.0618. The Labute approximate surface area is 145 Å². The Hall–Kier alpha value is -2.82. The molecule has 130 valence electrons. The predicted octanol–water partition coefficient (Wildman–Crippen LogP) is 3.77. The molecule has 1 aliphatic heterocycles. The molecule has 1 aliphatic rings. The van der Waals surface area contributed by atoms with Gasteiger partial charge in [0.05, 0.1) is 6.42 Å². The highest BCUT2D eigenvalue weighted by atomic mass is 16.5. The molecule has 2 aromatic carbocycles. The summed E-state index contributed by atoms with van der Waals surface area (Å²) in [5.41, 5.74) is 1.10. The molecule has 2 N–H and O–H groups in total. The predicted molar refractivity (Wildman–Crippen MR) is 92.1 cm³/mol. The van der Waals surface area contributed by atoms with E-state index < -0.39 is 11.9 Å².